The minimum absolute atomic E-state index is 0.106. The lowest BCUT2D eigenvalue weighted by atomic mass is 10.4. The molecule has 1 aromatic carbocycles. The molecule has 0 fully saturated rings. The number of thioether (sulfide) groups is 1. The first-order valence-corrected chi connectivity index (χ1v) is 5.54. The van der Waals surface area contributed by atoms with E-state index in [-0.39, 0.29) is 12.1 Å². The van der Waals surface area contributed by atoms with Gasteiger partial charge in [-0.05, 0) is 26.0 Å². The normalized spacial score (nSPS) is 10.1. The summed E-state index contributed by atoms with van der Waals surface area (Å²) >= 11 is 1.32. The summed E-state index contributed by atoms with van der Waals surface area (Å²) in [6.07, 6.45) is -0.106. The molecule has 0 spiro atoms. The van der Waals surface area contributed by atoms with E-state index < -0.39 is 0 Å². The van der Waals surface area contributed by atoms with E-state index >= 15 is 0 Å². The second kappa shape index (κ2) is 5.61. The van der Waals surface area contributed by atoms with Crippen LogP contribution in [-0.4, -0.2) is 12.1 Å². The topological polar surface area (TPSA) is 26.3 Å². The van der Waals surface area contributed by atoms with Crippen LogP contribution >= 0.6 is 11.8 Å². The average Bonchev–Trinajstić information content (AvgIpc) is 2.18. The largest absolute Gasteiger partial charge is 0.459 e. The van der Waals surface area contributed by atoms with E-state index in [2.05, 4.69) is 6.58 Å². The lowest BCUT2D eigenvalue weighted by molar-refractivity contribution is -0.141. The molecule has 0 aliphatic rings. The number of rotatable bonds is 4. The Labute approximate surface area is 94.3 Å². The molecular formula is C12H14O2S. The van der Waals surface area contributed by atoms with Gasteiger partial charge in [-0.15, -0.1) is 0 Å². The molecule has 0 aliphatic heterocycles. The summed E-state index contributed by atoms with van der Waals surface area (Å²) in [5, 5.41) is 0. The molecule has 3 heteroatoms. The van der Waals surface area contributed by atoms with Gasteiger partial charge in [-0.25, -0.2) is 4.79 Å². The van der Waals surface area contributed by atoms with E-state index in [0.29, 0.717) is 4.91 Å². The van der Waals surface area contributed by atoms with Gasteiger partial charge in [-0.1, -0.05) is 36.5 Å². The van der Waals surface area contributed by atoms with Gasteiger partial charge in [-0.2, -0.15) is 0 Å². The Morgan fingerprint density at radius 3 is 2.47 bits per heavy atom. The molecule has 0 amide bonds. The molecule has 80 valence electrons. The molecule has 0 saturated carbocycles. The first-order valence-electron chi connectivity index (χ1n) is 4.72. The Morgan fingerprint density at radius 1 is 1.33 bits per heavy atom. The number of esters is 1. The molecule has 0 radical (unpaired) electrons. The minimum Gasteiger partial charge on any atom is -0.459 e. The summed E-state index contributed by atoms with van der Waals surface area (Å²) in [4.78, 5) is 12.8. The highest BCUT2D eigenvalue weighted by atomic mass is 32.2. The molecule has 0 saturated heterocycles. The molecule has 15 heavy (non-hydrogen) atoms. The van der Waals surface area contributed by atoms with Crippen molar-refractivity contribution in [2.75, 3.05) is 0 Å². The number of hydrogen-bond donors (Lipinski definition) is 0. The van der Waals surface area contributed by atoms with Crippen LogP contribution in [0.15, 0.2) is 46.7 Å². The van der Waals surface area contributed by atoms with Crippen molar-refractivity contribution in [1.29, 1.82) is 0 Å². The van der Waals surface area contributed by atoms with Gasteiger partial charge >= 0.3 is 5.97 Å². The molecule has 0 aromatic heterocycles. The van der Waals surface area contributed by atoms with Crippen LogP contribution in [0.3, 0.4) is 0 Å². The summed E-state index contributed by atoms with van der Waals surface area (Å²) < 4.78 is 5.02. The molecule has 1 aromatic rings. The van der Waals surface area contributed by atoms with Gasteiger partial charge in [0.1, 0.15) is 0 Å². The van der Waals surface area contributed by atoms with Crippen LogP contribution in [0, 0.1) is 0 Å². The summed E-state index contributed by atoms with van der Waals surface area (Å²) in [6.45, 7) is 7.33. The third kappa shape index (κ3) is 4.21. The zero-order valence-corrected chi connectivity index (χ0v) is 9.71. The highest BCUT2D eigenvalue weighted by Gasteiger charge is 2.11. The highest BCUT2D eigenvalue weighted by molar-refractivity contribution is 8.04. The lowest BCUT2D eigenvalue weighted by Crippen LogP contribution is -2.11. The Morgan fingerprint density at radius 2 is 1.93 bits per heavy atom. The van der Waals surface area contributed by atoms with Gasteiger partial charge in [0.25, 0.3) is 0 Å². The second-order valence-corrected chi connectivity index (χ2v) is 4.46. The van der Waals surface area contributed by atoms with Crippen molar-refractivity contribution in [2.24, 2.45) is 0 Å². The van der Waals surface area contributed by atoms with Gasteiger partial charge in [0.2, 0.25) is 0 Å². The van der Waals surface area contributed by atoms with Gasteiger partial charge in [0.15, 0.2) is 0 Å². The van der Waals surface area contributed by atoms with Crippen LogP contribution < -0.4 is 0 Å². The molecule has 1 rings (SSSR count). The Kier molecular flexibility index (Phi) is 4.43. The first kappa shape index (κ1) is 11.9. The molecular weight excluding hydrogens is 208 g/mol. The fourth-order valence-electron chi connectivity index (χ4n) is 0.952. The monoisotopic (exact) mass is 222 g/mol. The van der Waals surface area contributed by atoms with Crippen LogP contribution in [0.4, 0.5) is 0 Å². The molecule has 0 atom stereocenters. The summed E-state index contributed by atoms with van der Waals surface area (Å²) in [7, 11) is 0. The zero-order valence-electron chi connectivity index (χ0n) is 8.90. The maximum absolute atomic E-state index is 11.4. The Hall–Kier alpha value is -1.22. The van der Waals surface area contributed by atoms with E-state index in [1.807, 2.05) is 44.2 Å². The van der Waals surface area contributed by atoms with E-state index in [4.69, 9.17) is 4.74 Å². The van der Waals surface area contributed by atoms with Crippen LogP contribution in [0.2, 0.25) is 0 Å². The maximum Gasteiger partial charge on any atom is 0.344 e. The standard InChI is InChI=1S/C12H14O2S/c1-9(2)14-12(13)10(3)15-11-7-5-4-6-8-11/h4-9H,3H2,1-2H3. The predicted octanol–water partition coefficient (Wildman–Crippen LogP) is 3.24. The number of hydrogen-bond acceptors (Lipinski definition) is 3. The fraction of sp³-hybridized carbons (Fsp3) is 0.250. The van der Waals surface area contributed by atoms with Crippen molar-refractivity contribution in [3.63, 3.8) is 0 Å². The summed E-state index contributed by atoms with van der Waals surface area (Å²) in [5.74, 6) is -0.348. The summed E-state index contributed by atoms with van der Waals surface area (Å²) in [6, 6.07) is 9.63. The van der Waals surface area contributed by atoms with Gasteiger partial charge in [0, 0.05) is 4.90 Å². The SMILES string of the molecule is C=C(Sc1ccccc1)C(=O)OC(C)C. The highest BCUT2D eigenvalue weighted by Crippen LogP contribution is 2.25. The molecule has 0 bridgehead atoms. The van der Waals surface area contributed by atoms with Crippen molar-refractivity contribution in [3.05, 3.63) is 41.8 Å². The van der Waals surface area contributed by atoms with Gasteiger partial charge < -0.3 is 4.74 Å². The van der Waals surface area contributed by atoms with E-state index in [9.17, 15) is 4.79 Å². The summed E-state index contributed by atoms with van der Waals surface area (Å²) in [5.41, 5.74) is 0. The predicted molar refractivity (Wildman–Crippen MR) is 62.7 cm³/mol. The number of carbonyl (C=O) groups excluding carboxylic acids is 1. The quantitative estimate of drug-likeness (QED) is 0.444. The third-order valence-corrected chi connectivity index (χ3v) is 2.48. The smallest absolute Gasteiger partial charge is 0.344 e. The van der Waals surface area contributed by atoms with Crippen molar-refractivity contribution in [1.82, 2.24) is 0 Å². The Bertz CT molecular complexity index is 344. The van der Waals surface area contributed by atoms with Crippen LogP contribution in [0.1, 0.15) is 13.8 Å². The molecule has 0 unspecified atom stereocenters. The number of carbonyl (C=O) groups is 1. The molecule has 2 nitrogen and oxygen atoms in total. The maximum atomic E-state index is 11.4. The minimum atomic E-state index is -0.348. The first-order chi connectivity index (χ1) is 7.09. The van der Waals surface area contributed by atoms with Gasteiger partial charge in [-0.3, -0.25) is 0 Å². The van der Waals surface area contributed by atoms with Crippen molar-refractivity contribution in [3.8, 4) is 0 Å². The lowest BCUT2D eigenvalue weighted by Gasteiger charge is -2.09. The zero-order chi connectivity index (χ0) is 11.3. The molecule has 0 N–H and O–H groups in total. The average molecular weight is 222 g/mol. The van der Waals surface area contributed by atoms with Gasteiger partial charge in [0.05, 0.1) is 11.0 Å². The van der Waals surface area contributed by atoms with Crippen LogP contribution in [0.25, 0.3) is 0 Å². The Balaban J connectivity index is 2.53. The molecule has 0 heterocycles. The van der Waals surface area contributed by atoms with Crippen molar-refractivity contribution < 1.29 is 9.53 Å². The van der Waals surface area contributed by atoms with Crippen molar-refractivity contribution in [2.45, 2.75) is 24.8 Å². The number of ether oxygens (including phenoxy) is 1. The fourth-order valence-corrected chi connectivity index (χ4v) is 1.66. The van der Waals surface area contributed by atoms with Crippen LogP contribution in [0.5, 0.6) is 0 Å². The van der Waals surface area contributed by atoms with E-state index in [1.165, 1.54) is 11.8 Å². The third-order valence-electron chi connectivity index (χ3n) is 1.55. The van der Waals surface area contributed by atoms with E-state index in [1.54, 1.807) is 0 Å². The van der Waals surface area contributed by atoms with Crippen molar-refractivity contribution >= 4 is 17.7 Å². The second-order valence-electron chi connectivity index (χ2n) is 3.29. The number of benzene rings is 1. The van der Waals surface area contributed by atoms with Crippen LogP contribution in [-0.2, 0) is 9.53 Å². The van der Waals surface area contributed by atoms with E-state index in [0.717, 1.165) is 4.90 Å². The molecule has 0 aliphatic carbocycles.